The van der Waals surface area contributed by atoms with Crippen LogP contribution in [0.1, 0.15) is 17.3 Å². The van der Waals surface area contributed by atoms with Crippen LogP contribution in [-0.2, 0) is 4.79 Å². The van der Waals surface area contributed by atoms with Crippen molar-refractivity contribution in [2.45, 2.75) is 23.6 Å². The highest BCUT2D eigenvalue weighted by Gasteiger charge is 2.18. The van der Waals surface area contributed by atoms with Crippen molar-refractivity contribution >= 4 is 35.0 Å². The molecule has 0 aromatic heterocycles. The summed E-state index contributed by atoms with van der Waals surface area (Å²) < 4.78 is 24.6. The Morgan fingerprint density at radius 2 is 1.81 bits per heavy atom. The van der Waals surface area contributed by atoms with Crippen LogP contribution in [0.2, 0.25) is 0 Å². The van der Waals surface area contributed by atoms with E-state index in [9.17, 15) is 28.5 Å². The molecule has 7 nitrogen and oxygen atoms in total. The molecule has 0 radical (unpaired) electrons. The number of nitro benzene ring substituents is 1. The summed E-state index contributed by atoms with van der Waals surface area (Å²) in [7, 11) is 0. The van der Waals surface area contributed by atoms with Crippen molar-refractivity contribution in [2.24, 2.45) is 0 Å². The van der Waals surface area contributed by atoms with Crippen molar-refractivity contribution in [1.82, 2.24) is 5.32 Å². The van der Waals surface area contributed by atoms with Gasteiger partial charge in [-0.15, -0.1) is 0 Å². The van der Waals surface area contributed by atoms with E-state index >= 15 is 0 Å². The third-order valence-electron chi connectivity index (χ3n) is 3.41. The van der Waals surface area contributed by atoms with Gasteiger partial charge in [-0.3, -0.25) is 19.7 Å². The number of anilines is 1. The maximum absolute atomic E-state index is 12.3. The first-order valence-corrected chi connectivity index (χ1v) is 8.55. The van der Waals surface area contributed by atoms with Crippen LogP contribution >= 0.6 is 11.8 Å². The number of carbonyl (C=O) groups excluding carboxylic acids is 2. The topological polar surface area (TPSA) is 101 Å². The third kappa shape index (κ3) is 6.03. The molecule has 2 rings (SSSR count). The Morgan fingerprint density at radius 1 is 1.15 bits per heavy atom. The molecule has 2 aromatic carbocycles. The van der Waals surface area contributed by atoms with E-state index in [4.69, 9.17) is 0 Å². The fourth-order valence-electron chi connectivity index (χ4n) is 2.08. The molecule has 0 saturated heterocycles. The normalized spacial score (nSPS) is 11.7. The van der Waals surface area contributed by atoms with Crippen molar-refractivity contribution < 1.29 is 23.3 Å². The number of alkyl halides is 2. The molecule has 10 heteroatoms. The number of hydrogen-bond donors (Lipinski definition) is 2. The summed E-state index contributed by atoms with van der Waals surface area (Å²) >= 11 is 0.391. The number of nitrogens with zero attached hydrogens (tertiary/aromatic N) is 1. The average molecular weight is 395 g/mol. The molecular formula is C17H15F2N3O4S. The maximum Gasteiger partial charge on any atom is 0.288 e. The van der Waals surface area contributed by atoms with Crippen molar-refractivity contribution in [1.29, 1.82) is 0 Å². The van der Waals surface area contributed by atoms with Gasteiger partial charge in [0.15, 0.2) is 0 Å². The Morgan fingerprint density at radius 3 is 2.41 bits per heavy atom. The van der Waals surface area contributed by atoms with Crippen LogP contribution in [0.5, 0.6) is 0 Å². The molecular weight excluding hydrogens is 380 g/mol. The van der Waals surface area contributed by atoms with Gasteiger partial charge >= 0.3 is 0 Å². The molecule has 27 heavy (non-hydrogen) atoms. The van der Waals surface area contributed by atoms with Gasteiger partial charge in [0.05, 0.1) is 4.92 Å². The molecule has 0 saturated carbocycles. The van der Waals surface area contributed by atoms with Crippen LogP contribution in [-0.4, -0.2) is 28.5 Å². The highest BCUT2D eigenvalue weighted by Crippen LogP contribution is 2.26. The number of carbonyl (C=O) groups is 2. The van der Waals surface area contributed by atoms with Gasteiger partial charge in [-0.25, -0.2) is 0 Å². The number of rotatable bonds is 7. The number of nitrogens with one attached hydrogen (secondary N) is 2. The van der Waals surface area contributed by atoms with Crippen LogP contribution < -0.4 is 10.6 Å². The lowest BCUT2D eigenvalue weighted by atomic mass is 10.1. The van der Waals surface area contributed by atoms with Crippen LogP contribution in [0.4, 0.5) is 20.2 Å². The fourth-order valence-corrected chi connectivity index (χ4v) is 2.58. The second-order valence-electron chi connectivity index (χ2n) is 5.39. The smallest absolute Gasteiger partial charge is 0.288 e. The lowest BCUT2D eigenvalue weighted by Gasteiger charge is -2.14. The second kappa shape index (κ2) is 9.08. The van der Waals surface area contributed by atoms with Crippen molar-refractivity contribution in [3.63, 3.8) is 0 Å². The Balaban J connectivity index is 1.96. The molecule has 0 aliphatic carbocycles. The van der Waals surface area contributed by atoms with Gasteiger partial charge in [-0.05, 0) is 37.3 Å². The Bertz CT molecular complexity index is 846. The van der Waals surface area contributed by atoms with Gasteiger partial charge in [0.25, 0.3) is 17.4 Å². The van der Waals surface area contributed by atoms with Crippen molar-refractivity contribution in [3.05, 3.63) is 64.2 Å². The van der Waals surface area contributed by atoms with Gasteiger partial charge in [-0.1, -0.05) is 17.8 Å². The van der Waals surface area contributed by atoms with Gasteiger partial charge in [-0.2, -0.15) is 8.78 Å². The Kier molecular flexibility index (Phi) is 6.83. The lowest BCUT2D eigenvalue weighted by molar-refractivity contribution is -0.384. The molecule has 2 amide bonds. The minimum absolute atomic E-state index is 0.0530. The summed E-state index contributed by atoms with van der Waals surface area (Å²) in [4.78, 5) is 34.8. The molecule has 142 valence electrons. The maximum atomic E-state index is 12.3. The number of benzene rings is 2. The number of hydrogen-bond acceptors (Lipinski definition) is 5. The van der Waals surface area contributed by atoms with Gasteiger partial charge in [0.1, 0.15) is 6.04 Å². The van der Waals surface area contributed by atoms with Gasteiger partial charge < -0.3 is 10.6 Å². The summed E-state index contributed by atoms with van der Waals surface area (Å²) in [5, 5.41) is 15.8. The molecule has 2 aromatic rings. The van der Waals surface area contributed by atoms with Crippen LogP contribution in [0, 0.1) is 10.1 Å². The van der Waals surface area contributed by atoms with E-state index in [0.717, 1.165) is 6.07 Å². The molecule has 1 atom stereocenters. The fraction of sp³-hybridized carbons (Fsp3) is 0.176. The van der Waals surface area contributed by atoms with Crippen LogP contribution in [0.3, 0.4) is 0 Å². The van der Waals surface area contributed by atoms with E-state index in [1.807, 2.05) is 0 Å². The standard InChI is InChI=1S/C17H15F2N3O4S/c1-10(20-16(24)11-3-2-4-13(9-11)22(25)26)15(23)21-12-5-7-14(8-6-12)27-17(18)19/h2-10,17H,1H3,(H,20,24)(H,21,23). The van der Waals surface area contributed by atoms with Crippen LogP contribution in [0.15, 0.2) is 53.4 Å². The van der Waals surface area contributed by atoms with Crippen LogP contribution in [0.25, 0.3) is 0 Å². The highest BCUT2D eigenvalue weighted by atomic mass is 32.2. The zero-order valence-electron chi connectivity index (χ0n) is 14.0. The van der Waals surface area contributed by atoms with E-state index in [1.165, 1.54) is 49.4 Å². The molecule has 0 aliphatic heterocycles. The van der Waals surface area contributed by atoms with Crippen molar-refractivity contribution in [2.75, 3.05) is 5.32 Å². The van der Waals surface area contributed by atoms with Gasteiger partial charge in [0.2, 0.25) is 5.91 Å². The quantitative estimate of drug-likeness (QED) is 0.423. The monoisotopic (exact) mass is 395 g/mol. The van der Waals surface area contributed by atoms with Crippen molar-refractivity contribution in [3.8, 4) is 0 Å². The summed E-state index contributed by atoms with van der Waals surface area (Å²) in [5.41, 5.74) is 0.203. The molecule has 0 spiro atoms. The molecule has 2 N–H and O–H groups in total. The molecule has 0 aliphatic rings. The van der Waals surface area contributed by atoms with E-state index in [1.54, 1.807) is 0 Å². The number of nitro groups is 1. The molecule has 0 bridgehead atoms. The predicted molar refractivity (Wildman–Crippen MR) is 97.0 cm³/mol. The average Bonchev–Trinajstić information content (AvgIpc) is 2.62. The Labute approximate surface area is 157 Å². The molecule has 0 fully saturated rings. The minimum atomic E-state index is -2.53. The van der Waals surface area contributed by atoms with E-state index < -0.39 is 28.5 Å². The SMILES string of the molecule is CC(NC(=O)c1cccc([N+](=O)[O-])c1)C(=O)Nc1ccc(SC(F)F)cc1. The van der Waals surface area contributed by atoms with E-state index in [2.05, 4.69) is 10.6 Å². The summed E-state index contributed by atoms with van der Waals surface area (Å²) in [6.45, 7) is 1.45. The number of amides is 2. The van der Waals surface area contributed by atoms with Gasteiger partial charge in [0, 0.05) is 28.3 Å². The predicted octanol–water partition coefficient (Wildman–Crippen LogP) is 3.67. The van der Waals surface area contributed by atoms with E-state index in [0.29, 0.717) is 22.3 Å². The third-order valence-corrected chi connectivity index (χ3v) is 4.13. The molecule has 1 unspecified atom stereocenters. The molecule has 0 heterocycles. The van der Waals surface area contributed by atoms with E-state index in [-0.39, 0.29) is 11.3 Å². The first-order chi connectivity index (χ1) is 12.8. The largest absolute Gasteiger partial charge is 0.341 e. The minimum Gasteiger partial charge on any atom is -0.341 e. The first kappa shape index (κ1) is 20.3. The zero-order valence-corrected chi connectivity index (χ0v) is 14.8. The number of halogens is 2. The second-order valence-corrected chi connectivity index (χ2v) is 6.46. The summed E-state index contributed by atoms with van der Waals surface area (Å²) in [6, 6.07) is 10.0. The highest BCUT2D eigenvalue weighted by molar-refractivity contribution is 7.99. The first-order valence-electron chi connectivity index (χ1n) is 7.67. The lowest BCUT2D eigenvalue weighted by Crippen LogP contribution is -2.41. The number of non-ortho nitro benzene ring substituents is 1. The zero-order chi connectivity index (χ0) is 20.0. The summed E-state index contributed by atoms with van der Waals surface area (Å²) in [6.07, 6.45) is 0. The summed E-state index contributed by atoms with van der Waals surface area (Å²) in [5.74, 6) is -3.69. The Hall–Kier alpha value is -3.01. The number of thioether (sulfide) groups is 1.